The molecular weight excluding hydrogens is 214 g/mol. The Morgan fingerprint density at radius 1 is 1.24 bits per heavy atom. The number of hydrogen-bond donors (Lipinski definition) is 0. The SMILES string of the molecule is CCOC(=O)N(c1ccccc1)C(C)(C)CC. The number of rotatable bonds is 4. The summed E-state index contributed by atoms with van der Waals surface area (Å²) in [6.07, 6.45) is 0.575. The minimum absolute atomic E-state index is 0.256. The van der Waals surface area contributed by atoms with E-state index in [-0.39, 0.29) is 11.6 Å². The van der Waals surface area contributed by atoms with Crippen LogP contribution >= 0.6 is 0 Å². The third-order valence-electron chi connectivity index (χ3n) is 2.94. The number of nitrogens with zero attached hydrogens (tertiary/aromatic N) is 1. The van der Waals surface area contributed by atoms with E-state index in [9.17, 15) is 4.79 Å². The van der Waals surface area contributed by atoms with E-state index in [1.165, 1.54) is 0 Å². The summed E-state index contributed by atoms with van der Waals surface area (Å²) in [5.74, 6) is 0. The van der Waals surface area contributed by atoms with Gasteiger partial charge in [-0.2, -0.15) is 0 Å². The van der Waals surface area contributed by atoms with Crippen molar-refractivity contribution in [3.05, 3.63) is 30.3 Å². The number of ether oxygens (including phenoxy) is 1. The molecule has 0 N–H and O–H groups in total. The van der Waals surface area contributed by atoms with Crippen molar-refractivity contribution < 1.29 is 9.53 Å². The molecule has 1 aromatic rings. The number of anilines is 1. The van der Waals surface area contributed by atoms with Crippen LogP contribution in [0.15, 0.2) is 30.3 Å². The lowest BCUT2D eigenvalue weighted by Crippen LogP contribution is -2.48. The van der Waals surface area contributed by atoms with Crippen LogP contribution < -0.4 is 4.90 Å². The maximum absolute atomic E-state index is 12.1. The highest BCUT2D eigenvalue weighted by Gasteiger charge is 2.31. The number of benzene rings is 1. The molecule has 1 amide bonds. The first kappa shape index (κ1) is 13.6. The van der Waals surface area contributed by atoms with Gasteiger partial charge in [-0.05, 0) is 39.3 Å². The summed E-state index contributed by atoms with van der Waals surface area (Å²) in [4.78, 5) is 13.8. The largest absolute Gasteiger partial charge is 0.449 e. The van der Waals surface area contributed by atoms with Gasteiger partial charge in [0.25, 0.3) is 0 Å². The van der Waals surface area contributed by atoms with Crippen LogP contribution in [-0.2, 0) is 4.74 Å². The Balaban J connectivity index is 3.07. The smallest absolute Gasteiger partial charge is 0.414 e. The summed E-state index contributed by atoms with van der Waals surface area (Å²) in [6, 6.07) is 9.63. The third-order valence-corrected chi connectivity index (χ3v) is 2.94. The Kier molecular flexibility index (Phi) is 4.55. The fourth-order valence-electron chi connectivity index (χ4n) is 1.63. The average molecular weight is 235 g/mol. The summed E-state index contributed by atoms with van der Waals surface area (Å²) < 4.78 is 5.13. The average Bonchev–Trinajstić information content (AvgIpc) is 2.30. The van der Waals surface area contributed by atoms with E-state index in [2.05, 4.69) is 6.92 Å². The molecule has 0 aliphatic heterocycles. The Hall–Kier alpha value is -1.51. The molecule has 0 aliphatic rings. The van der Waals surface area contributed by atoms with Gasteiger partial charge in [0.2, 0.25) is 0 Å². The molecule has 3 nitrogen and oxygen atoms in total. The molecule has 0 spiro atoms. The maximum Gasteiger partial charge on any atom is 0.414 e. The molecule has 3 heteroatoms. The molecule has 0 aliphatic carbocycles. The van der Waals surface area contributed by atoms with Gasteiger partial charge in [-0.1, -0.05) is 25.1 Å². The molecular formula is C14H21NO2. The Bertz CT molecular complexity index is 360. The normalized spacial score (nSPS) is 11.1. The van der Waals surface area contributed by atoms with Crippen LogP contribution in [0, 0.1) is 0 Å². The van der Waals surface area contributed by atoms with Gasteiger partial charge in [-0.3, -0.25) is 4.90 Å². The molecule has 0 saturated heterocycles. The molecule has 0 aromatic heterocycles. The molecule has 0 unspecified atom stereocenters. The first-order chi connectivity index (χ1) is 8.03. The van der Waals surface area contributed by atoms with E-state index in [0.717, 1.165) is 12.1 Å². The quantitative estimate of drug-likeness (QED) is 0.793. The Morgan fingerprint density at radius 3 is 2.29 bits per heavy atom. The summed E-state index contributed by atoms with van der Waals surface area (Å²) in [5, 5.41) is 0. The molecule has 0 fully saturated rings. The van der Waals surface area contributed by atoms with Crippen molar-refractivity contribution in [2.24, 2.45) is 0 Å². The highest BCUT2D eigenvalue weighted by Crippen LogP contribution is 2.27. The molecule has 0 saturated carbocycles. The Morgan fingerprint density at radius 2 is 1.82 bits per heavy atom. The molecule has 17 heavy (non-hydrogen) atoms. The van der Waals surface area contributed by atoms with Gasteiger partial charge in [0.05, 0.1) is 6.61 Å². The molecule has 0 atom stereocenters. The predicted molar refractivity (Wildman–Crippen MR) is 70.3 cm³/mol. The van der Waals surface area contributed by atoms with Gasteiger partial charge < -0.3 is 4.74 Å². The third kappa shape index (κ3) is 3.22. The standard InChI is InChI=1S/C14H21NO2/c1-5-14(3,4)15(13(16)17-6-2)12-10-8-7-9-11-12/h7-11H,5-6H2,1-4H3. The van der Waals surface area contributed by atoms with Gasteiger partial charge in [0.1, 0.15) is 0 Å². The van der Waals surface area contributed by atoms with Crippen molar-refractivity contribution in [2.75, 3.05) is 11.5 Å². The molecule has 1 aromatic carbocycles. The fourth-order valence-corrected chi connectivity index (χ4v) is 1.63. The molecule has 1 rings (SSSR count). The second-order valence-electron chi connectivity index (χ2n) is 4.54. The van der Waals surface area contributed by atoms with Gasteiger partial charge >= 0.3 is 6.09 Å². The number of carbonyl (C=O) groups excluding carboxylic acids is 1. The zero-order valence-electron chi connectivity index (χ0n) is 11.1. The van der Waals surface area contributed by atoms with E-state index in [1.54, 1.807) is 4.90 Å². The van der Waals surface area contributed by atoms with Crippen LogP contribution in [0.4, 0.5) is 10.5 Å². The van der Waals surface area contributed by atoms with E-state index >= 15 is 0 Å². The van der Waals surface area contributed by atoms with Crippen molar-refractivity contribution in [3.8, 4) is 0 Å². The van der Waals surface area contributed by atoms with Crippen LogP contribution in [0.2, 0.25) is 0 Å². The number of amides is 1. The van der Waals surface area contributed by atoms with Crippen molar-refractivity contribution >= 4 is 11.8 Å². The van der Waals surface area contributed by atoms with Crippen LogP contribution in [-0.4, -0.2) is 18.2 Å². The van der Waals surface area contributed by atoms with Crippen LogP contribution in [0.1, 0.15) is 34.1 Å². The number of para-hydroxylation sites is 1. The summed E-state index contributed by atoms with van der Waals surface area (Å²) in [6.45, 7) is 8.35. The highest BCUT2D eigenvalue weighted by molar-refractivity contribution is 5.89. The minimum Gasteiger partial charge on any atom is -0.449 e. The number of hydrogen-bond acceptors (Lipinski definition) is 2. The molecule has 0 bridgehead atoms. The molecule has 0 heterocycles. The predicted octanol–water partition coefficient (Wildman–Crippen LogP) is 3.84. The Labute approximate surface area is 103 Å². The van der Waals surface area contributed by atoms with Gasteiger partial charge in [0, 0.05) is 11.2 Å². The minimum atomic E-state index is -0.287. The van der Waals surface area contributed by atoms with E-state index in [1.807, 2.05) is 51.1 Å². The van der Waals surface area contributed by atoms with E-state index in [4.69, 9.17) is 4.74 Å². The summed E-state index contributed by atoms with van der Waals surface area (Å²) in [5.41, 5.74) is 0.617. The molecule has 0 radical (unpaired) electrons. The topological polar surface area (TPSA) is 29.5 Å². The first-order valence-corrected chi connectivity index (χ1v) is 6.05. The van der Waals surface area contributed by atoms with Crippen LogP contribution in [0.25, 0.3) is 0 Å². The van der Waals surface area contributed by atoms with Crippen LogP contribution in [0.3, 0.4) is 0 Å². The van der Waals surface area contributed by atoms with E-state index < -0.39 is 0 Å². The first-order valence-electron chi connectivity index (χ1n) is 6.05. The van der Waals surface area contributed by atoms with Crippen molar-refractivity contribution in [1.82, 2.24) is 0 Å². The van der Waals surface area contributed by atoms with Gasteiger partial charge in [0.15, 0.2) is 0 Å². The second kappa shape index (κ2) is 5.71. The summed E-state index contributed by atoms with van der Waals surface area (Å²) >= 11 is 0. The van der Waals surface area contributed by atoms with Gasteiger partial charge in [-0.25, -0.2) is 4.79 Å². The fraction of sp³-hybridized carbons (Fsp3) is 0.500. The lowest BCUT2D eigenvalue weighted by Gasteiger charge is -2.37. The monoisotopic (exact) mass is 235 g/mol. The molecule has 94 valence electrons. The van der Waals surface area contributed by atoms with Gasteiger partial charge in [-0.15, -0.1) is 0 Å². The lowest BCUT2D eigenvalue weighted by molar-refractivity contribution is 0.152. The highest BCUT2D eigenvalue weighted by atomic mass is 16.6. The van der Waals surface area contributed by atoms with Crippen molar-refractivity contribution in [2.45, 2.75) is 39.7 Å². The zero-order valence-corrected chi connectivity index (χ0v) is 11.1. The number of carbonyl (C=O) groups is 1. The summed E-state index contributed by atoms with van der Waals surface area (Å²) in [7, 11) is 0. The lowest BCUT2D eigenvalue weighted by atomic mass is 9.99. The van der Waals surface area contributed by atoms with Crippen molar-refractivity contribution in [3.63, 3.8) is 0 Å². The van der Waals surface area contributed by atoms with E-state index in [0.29, 0.717) is 6.61 Å². The zero-order chi connectivity index (χ0) is 12.9. The van der Waals surface area contributed by atoms with Crippen molar-refractivity contribution in [1.29, 1.82) is 0 Å². The maximum atomic E-state index is 12.1. The van der Waals surface area contributed by atoms with Crippen LogP contribution in [0.5, 0.6) is 0 Å². The second-order valence-corrected chi connectivity index (χ2v) is 4.54.